The van der Waals surface area contributed by atoms with Crippen LogP contribution in [-0.2, 0) is 0 Å². The van der Waals surface area contributed by atoms with Crippen LogP contribution in [0.2, 0.25) is 0 Å². The Morgan fingerprint density at radius 3 is 0.615 bits per heavy atom. The molecule has 0 aliphatic heterocycles. The van der Waals surface area contributed by atoms with Crippen LogP contribution >= 0.6 is 0 Å². The van der Waals surface area contributed by atoms with E-state index in [4.69, 9.17) is 0 Å². The topological polar surface area (TPSA) is 3.24 Å². The number of nitrogens with zero attached hydrogens (tertiary/aromatic N) is 1. The van der Waals surface area contributed by atoms with Crippen molar-refractivity contribution in [2.24, 2.45) is 0 Å². The molecule has 13 heavy (non-hydrogen) atoms. The zero-order valence-corrected chi connectivity index (χ0v) is 5.35. The van der Waals surface area contributed by atoms with E-state index in [0.29, 0.717) is 0 Å². The molecule has 0 atom stereocenters. The van der Waals surface area contributed by atoms with Gasteiger partial charge in [0.2, 0.25) is 0 Å². The van der Waals surface area contributed by atoms with Crippen LogP contribution in [0.15, 0.2) is 0 Å². The SMILES string of the molecule is FC(F)(F)N(C(F)(F)F)C(F)(F)F. The fourth-order valence-electron chi connectivity index (χ4n) is 0.431. The molecule has 0 aromatic rings. The van der Waals surface area contributed by atoms with Crippen molar-refractivity contribution in [3.05, 3.63) is 0 Å². The van der Waals surface area contributed by atoms with Gasteiger partial charge in [0.1, 0.15) is 0 Å². The standard InChI is InChI=1S/C3F9N/c4-1(5,6)13(2(7,8)9)3(10,11)12. The molecule has 1 nitrogen and oxygen atoms in total. The number of hydrogen-bond donors (Lipinski definition) is 0. The molecular formula is C3F9N. The third kappa shape index (κ3) is 3.28. The van der Waals surface area contributed by atoms with Crippen LogP contribution in [0.25, 0.3) is 0 Å². The van der Waals surface area contributed by atoms with Crippen molar-refractivity contribution in [2.75, 3.05) is 0 Å². The minimum absolute atomic E-state index is 3.44. The van der Waals surface area contributed by atoms with Gasteiger partial charge < -0.3 is 0 Å². The average molecular weight is 221 g/mol. The normalized spacial score (nSPS) is 15.2. The molecular weight excluding hydrogens is 221 g/mol. The lowest BCUT2D eigenvalue weighted by Crippen LogP contribution is -2.55. The zero-order chi connectivity index (χ0) is 11.1. The van der Waals surface area contributed by atoms with Gasteiger partial charge >= 0.3 is 18.9 Å². The van der Waals surface area contributed by atoms with Crippen molar-refractivity contribution in [1.29, 1.82) is 0 Å². The first kappa shape index (κ1) is 12.3. The second-order valence-corrected chi connectivity index (χ2v) is 1.74. The van der Waals surface area contributed by atoms with E-state index in [1.807, 2.05) is 0 Å². The fraction of sp³-hybridized carbons (Fsp3) is 1.00. The molecule has 0 saturated heterocycles. The Bertz CT molecular complexity index is 137. The molecule has 0 aromatic carbocycles. The van der Waals surface area contributed by atoms with E-state index in [1.165, 1.54) is 0 Å². The summed E-state index contributed by atoms with van der Waals surface area (Å²) < 4.78 is 101. The highest BCUT2D eigenvalue weighted by Gasteiger charge is 2.66. The van der Waals surface area contributed by atoms with Crippen LogP contribution < -0.4 is 0 Å². The summed E-state index contributed by atoms with van der Waals surface area (Å²) in [6, 6.07) is 0. The first-order valence-corrected chi connectivity index (χ1v) is 2.37. The molecule has 0 rings (SSSR count). The van der Waals surface area contributed by atoms with Crippen LogP contribution in [0.3, 0.4) is 0 Å². The van der Waals surface area contributed by atoms with E-state index in [-0.39, 0.29) is 0 Å². The lowest BCUT2D eigenvalue weighted by Gasteiger charge is -2.27. The Balaban J connectivity index is 5.02. The van der Waals surface area contributed by atoms with Crippen molar-refractivity contribution >= 4 is 0 Å². The van der Waals surface area contributed by atoms with Gasteiger partial charge in [0.25, 0.3) is 0 Å². The Morgan fingerprint density at radius 1 is 0.462 bits per heavy atom. The van der Waals surface area contributed by atoms with Crippen LogP contribution in [0.1, 0.15) is 0 Å². The molecule has 0 fully saturated rings. The molecule has 0 radical (unpaired) electrons. The summed E-state index contributed by atoms with van der Waals surface area (Å²) in [5.74, 6) is 0. The quantitative estimate of drug-likeness (QED) is 0.449. The van der Waals surface area contributed by atoms with Crippen molar-refractivity contribution in [3.8, 4) is 0 Å². The summed E-state index contributed by atoms with van der Waals surface area (Å²) in [5.41, 5.74) is 0. The number of rotatable bonds is 0. The molecule has 0 spiro atoms. The predicted molar refractivity (Wildman–Crippen MR) is 20.0 cm³/mol. The van der Waals surface area contributed by atoms with Crippen LogP contribution in [0.4, 0.5) is 39.5 Å². The van der Waals surface area contributed by atoms with Gasteiger partial charge in [-0.05, 0) is 4.90 Å². The zero-order valence-electron chi connectivity index (χ0n) is 5.35. The summed E-state index contributed by atoms with van der Waals surface area (Å²) in [7, 11) is 0. The van der Waals surface area contributed by atoms with Crippen LogP contribution in [0.5, 0.6) is 0 Å². The Kier molecular flexibility index (Phi) is 2.77. The maximum Gasteiger partial charge on any atom is 0.474 e. The van der Waals surface area contributed by atoms with Crippen molar-refractivity contribution in [3.63, 3.8) is 0 Å². The van der Waals surface area contributed by atoms with E-state index in [9.17, 15) is 39.5 Å². The summed E-state index contributed by atoms with van der Waals surface area (Å²) in [4.78, 5) is -3.44. The van der Waals surface area contributed by atoms with E-state index in [1.54, 1.807) is 0 Å². The van der Waals surface area contributed by atoms with Gasteiger partial charge in [-0.1, -0.05) is 0 Å². The monoisotopic (exact) mass is 221 g/mol. The maximum atomic E-state index is 11.2. The summed E-state index contributed by atoms with van der Waals surface area (Å²) in [6.07, 6.45) is -19.6. The molecule has 0 aliphatic carbocycles. The van der Waals surface area contributed by atoms with Crippen LogP contribution in [0, 0.1) is 0 Å². The first-order chi connectivity index (χ1) is 5.37. The van der Waals surface area contributed by atoms with Gasteiger partial charge in [-0.15, -0.1) is 0 Å². The largest absolute Gasteiger partial charge is 0.474 e. The minimum Gasteiger partial charge on any atom is -0.155 e. The van der Waals surface area contributed by atoms with Crippen molar-refractivity contribution < 1.29 is 39.5 Å². The lowest BCUT2D eigenvalue weighted by molar-refractivity contribution is -0.467. The second kappa shape index (κ2) is 2.93. The Hall–Kier alpha value is -0.670. The van der Waals surface area contributed by atoms with E-state index in [2.05, 4.69) is 0 Å². The molecule has 10 heteroatoms. The highest BCUT2D eigenvalue weighted by molar-refractivity contribution is 4.65. The van der Waals surface area contributed by atoms with Gasteiger partial charge in [0.15, 0.2) is 0 Å². The summed E-state index contributed by atoms with van der Waals surface area (Å²) in [6.45, 7) is 0. The smallest absolute Gasteiger partial charge is 0.155 e. The fourth-order valence-corrected chi connectivity index (χ4v) is 0.431. The molecule has 0 heterocycles. The molecule has 0 N–H and O–H groups in total. The molecule has 0 aromatic heterocycles. The minimum atomic E-state index is -6.53. The second-order valence-electron chi connectivity index (χ2n) is 1.74. The lowest BCUT2D eigenvalue weighted by atomic mass is 10.7. The average Bonchev–Trinajstić information content (AvgIpc) is 1.44. The molecule has 0 amide bonds. The number of halogens is 9. The van der Waals surface area contributed by atoms with Gasteiger partial charge in [-0.25, -0.2) is 0 Å². The van der Waals surface area contributed by atoms with Crippen molar-refractivity contribution in [1.82, 2.24) is 4.90 Å². The number of alkyl halides is 9. The first-order valence-electron chi connectivity index (χ1n) is 2.37. The van der Waals surface area contributed by atoms with Gasteiger partial charge in [-0.3, -0.25) is 0 Å². The highest BCUT2D eigenvalue weighted by Crippen LogP contribution is 2.41. The van der Waals surface area contributed by atoms with E-state index < -0.39 is 23.8 Å². The molecule has 80 valence electrons. The van der Waals surface area contributed by atoms with E-state index in [0.717, 1.165) is 0 Å². The van der Waals surface area contributed by atoms with Crippen molar-refractivity contribution in [2.45, 2.75) is 18.9 Å². The third-order valence-electron chi connectivity index (χ3n) is 0.761. The molecule has 0 saturated carbocycles. The van der Waals surface area contributed by atoms with Crippen LogP contribution in [-0.4, -0.2) is 23.8 Å². The Labute approximate surface area is 64.7 Å². The highest BCUT2D eigenvalue weighted by atomic mass is 19.4. The number of hydrogen-bond acceptors (Lipinski definition) is 1. The van der Waals surface area contributed by atoms with Gasteiger partial charge in [0, 0.05) is 0 Å². The van der Waals surface area contributed by atoms with Gasteiger partial charge in [-0.2, -0.15) is 39.5 Å². The maximum absolute atomic E-state index is 11.2. The molecule has 0 aliphatic rings. The molecule has 0 bridgehead atoms. The summed E-state index contributed by atoms with van der Waals surface area (Å²) in [5, 5.41) is 0. The third-order valence-corrected chi connectivity index (χ3v) is 0.761. The summed E-state index contributed by atoms with van der Waals surface area (Å²) >= 11 is 0. The molecule has 0 unspecified atom stereocenters. The van der Waals surface area contributed by atoms with E-state index >= 15 is 0 Å². The predicted octanol–water partition coefficient (Wildman–Crippen LogP) is 2.85. The van der Waals surface area contributed by atoms with Gasteiger partial charge in [0.05, 0.1) is 0 Å². The Morgan fingerprint density at radius 2 is 0.615 bits per heavy atom.